The topological polar surface area (TPSA) is 84.4 Å². The molecule has 0 aliphatic carbocycles. The Labute approximate surface area is 164 Å². The Morgan fingerprint density at radius 1 is 1.28 bits per heavy atom. The van der Waals surface area contributed by atoms with Crippen molar-refractivity contribution in [2.24, 2.45) is 0 Å². The van der Waals surface area contributed by atoms with Crippen LogP contribution in [0.15, 0.2) is 36.7 Å². The number of benzene rings is 1. The van der Waals surface area contributed by atoms with Crippen LogP contribution in [0.5, 0.6) is 0 Å². The number of amides is 2. The maximum atomic E-state index is 13.1. The predicted octanol–water partition coefficient (Wildman–Crippen LogP) is 2.20. The van der Waals surface area contributed by atoms with Crippen LogP contribution in [0, 0.1) is 0 Å². The van der Waals surface area contributed by atoms with Gasteiger partial charge in [-0.3, -0.25) is 19.6 Å². The van der Waals surface area contributed by atoms with Crippen molar-refractivity contribution in [2.45, 2.75) is 19.2 Å². The number of hydrogen-bond donors (Lipinski definition) is 1. The third-order valence-corrected chi connectivity index (χ3v) is 4.40. The van der Waals surface area contributed by atoms with E-state index in [1.54, 1.807) is 0 Å². The van der Waals surface area contributed by atoms with Gasteiger partial charge in [-0.2, -0.15) is 13.2 Å². The summed E-state index contributed by atoms with van der Waals surface area (Å²) in [6.45, 7) is 1.91. The minimum absolute atomic E-state index is 0.136. The second kappa shape index (κ2) is 8.56. The van der Waals surface area contributed by atoms with Crippen LogP contribution in [0.1, 0.15) is 24.3 Å². The van der Waals surface area contributed by atoms with Crippen molar-refractivity contribution in [3.05, 3.63) is 47.9 Å². The first-order chi connectivity index (χ1) is 13.8. The highest BCUT2D eigenvalue weighted by molar-refractivity contribution is 5.83. The molecule has 1 aliphatic rings. The normalized spacial score (nSPS) is 17.1. The number of ether oxygens (including phenoxy) is 1. The van der Waals surface area contributed by atoms with E-state index in [1.165, 1.54) is 36.4 Å². The summed E-state index contributed by atoms with van der Waals surface area (Å²) in [5.74, 6) is -0.595. The second-order valence-electron chi connectivity index (χ2n) is 6.48. The lowest BCUT2D eigenvalue weighted by Crippen LogP contribution is -2.46. The summed E-state index contributed by atoms with van der Waals surface area (Å²) in [6.07, 6.45) is -2.31. The number of halogens is 3. The largest absolute Gasteiger partial charge is 0.416 e. The molecule has 0 radical (unpaired) electrons. The molecule has 0 saturated carbocycles. The van der Waals surface area contributed by atoms with Gasteiger partial charge in [-0.15, -0.1) is 0 Å². The number of alkyl halides is 3. The van der Waals surface area contributed by atoms with Crippen LogP contribution >= 0.6 is 0 Å². The van der Waals surface area contributed by atoms with Crippen LogP contribution in [0.4, 0.5) is 13.2 Å². The first kappa shape index (κ1) is 20.7. The molecule has 1 N–H and O–H groups in total. The monoisotopic (exact) mass is 408 g/mol. The van der Waals surface area contributed by atoms with Crippen molar-refractivity contribution in [3.8, 4) is 11.3 Å². The molecule has 0 spiro atoms. The summed E-state index contributed by atoms with van der Waals surface area (Å²) in [7, 11) is 0. The lowest BCUT2D eigenvalue weighted by atomic mass is 10.0. The first-order valence-corrected chi connectivity index (χ1v) is 8.88. The predicted molar refractivity (Wildman–Crippen MR) is 96.4 cm³/mol. The molecule has 3 rings (SSSR count). The number of carbonyl (C=O) groups excluding carboxylic acids is 2. The van der Waals surface area contributed by atoms with Crippen LogP contribution in [0.3, 0.4) is 0 Å². The molecule has 0 unspecified atom stereocenters. The molecule has 2 aromatic rings. The average Bonchev–Trinajstić information content (AvgIpc) is 2.71. The Morgan fingerprint density at radius 3 is 2.76 bits per heavy atom. The van der Waals surface area contributed by atoms with Crippen LogP contribution < -0.4 is 5.32 Å². The third kappa shape index (κ3) is 5.08. The van der Waals surface area contributed by atoms with E-state index in [9.17, 15) is 22.8 Å². The number of aromatic nitrogens is 2. The van der Waals surface area contributed by atoms with E-state index in [0.29, 0.717) is 12.2 Å². The maximum Gasteiger partial charge on any atom is 0.416 e. The highest BCUT2D eigenvalue weighted by Gasteiger charge is 2.32. The van der Waals surface area contributed by atoms with Crippen molar-refractivity contribution >= 4 is 11.8 Å². The quantitative estimate of drug-likeness (QED) is 0.839. The van der Waals surface area contributed by atoms with Crippen molar-refractivity contribution in [1.82, 2.24) is 20.2 Å². The van der Waals surface area contributed by atoms with Gasteiger partial charge in [-0.1, -0.05) is 12.1 Å². The van der Waals surface area contributed by atoms with Gasteiger partial charge in [0, 0.05) is 31.4 Å². The van der Waals surface area contributed by atoms with Gasteiger partial charge < -0.3 is 15.0 Å². The summed E-state index contributed by atoms with van der Waals surface area (Å²) in [4.78, 5) is 33.3. The summed E-state index contributed by atoms with van der Waals surface area (Å²) < 4.78 is 44.9. The number of nitrogens with one attached hydrogen (secondary N) is 1. The molecule has 1 fully saturated rings. The Balaban J connectivity index is 1.85. The van der Waals surface area contributed by atoms with Gasteiger partial charge in [0.2, 0.25) is 11.8 Å². The Kier molecular flexibility index (Phi) is 6.12. The van der Waals surface area contributed by atoms with Gasteiger partial charge in [0.05, 0.1) is 36.6 Å². The van der Waals surface area contributed by atoms with E-state index in [1.807, 2.05) is 0 Å². The maximum absolute atomic E-state index is 13.1. The van der Waals surface area contributed by atoms with Crippen LogP contribution in [-0.2, 0) is 20.5 Å². The highest BCUT2D eigenvalue weighted by Crippen LogP contribution is 2.34. The summed E-state index contributed by atoms with van der Waals surface area (Å²) in [5, 5.41) is 2.45. The van der Waals surface area contributed by atoms with Gasteiger partial charge in [-0.25, -0.2) is 0 Å². The molecule has 10 heteroatoms. The van der Waals surface area contributed by atoms with Crippen molar-refractivity contribution in [2.75, 3.05) is 26.2 Å². The lowest BCUT2D eigenvalue weighted by Gasteiger charge is -2.33. The molecular formula is C19H19F3N4O3. The van der Waals surface area contributed by atoms with E-state index in [4.69, 9.17) is 4.74 Å². The molecule has 1 aromatic carbocycles. The summed E-state index contributed by atoms with van der Waals surface area (Å²) >= 11 is 0. The number of carbonyl (C=O) groups is 2. The zero-order valence-electron chi connectivity index (χ0n) is 15.6. The van der Waals surface area contributed by atoms with Crippen LogP contribution in [-0.4, -0.2) is 52.9 Å². The molecule has 1 aromatic heterocycles. The molecule has 2 heterocycles. The van der Waals surface area contributed by atoms with E-state index in [-0.39, 0.29) is 42.8 Å². The van der Waals surface area contributed by atoms with Gasteiger partial charge in [0.1, 0.15) is 6.10 Å². The Hall–Kier alpha value is -3.01. The van der Waals surface area contributed by atoms with Gasteiger partial charge in [-0.05, 0) is 12.1 Å². The molecular weight excluding hydrogens is 389 g/mol. The average molecular weight is 408 g/mol. The number of morpholine rings is 1. The molecule has 2 amide bonds. The molecule has 29 heavy (non-hydrogen) atoms. The smallest absolute Gasteiger partial charge is 0.368 e. The fourth-order valence-corrected chi connectivity index (χ4v) is 3.00. The highest BCUT2D eigenvalue weighted by atomic mass is 19.4. The standard InChI is InChI=1S/C19H19F3N4O3/c1-12(27)25-10-16(28)26-7-8-29-15(11-26)18-17(23-5-6-24-18)13-3-2-4-14(9-13)19(20,21)22/h2-6,9,15H,7-8,10-11H2,1H3,(H,25,27)/t15-/m1/s1. The van der Waals surface area contributed by atoms with Crippen molar-refractivity contribution in [3.63, 3.8) is 0 Å². The molecule has 1 aliphatic heterocycles. The number of nitrogens with zero attached hydrogens (tertiary/aromatic N) is 3. The zero-order valence-corrected chi connectivity index (χ0v) is 15.6. The minimum atomic E-state index is -4.48. The lowest BCUT2D eigenvalue weighted by molar-refractivity contribution is -0.139. The second-order valence-corrected chi connectivity index (χ2v) is 6.48. The molecule has 7 nitrogen and oxygen atoms in total. The minimum Gasteiger partial charge on any atom is -0.368 e. The van der Waals surface area contributed by atoms with E-state index < -0.39 is 17.8 Å². The fraction of sp³-hybridized carbons (Fsp3) is 0.368. The van der Waals surface area contributed by atoms with E-state index in [2.05, 4.69) is 15.3 Å². The zero-order chi connectivity index (χ0) is 21.0. The summed E-state index contributed by atoms with van der Waals surface area (Å²) in [5.41, 5.74) is 0.0834. The van der Waals surface area contributed by atoms with Crippen LogP contribution in [0.2, 0.25) is 0 Å². The summed E-state index contributed by atoms with van der Waals surface area (Å²) in [6, 6.07) is 4.82. The van der Waals surface area contributed by atoms with E-state index >= 15 is 0 Å². The Morgan fingerprint density at radius 2 is 2.03 bits per heavy atom. The Bertz CT molecular complexity index is 904. The molecule has 1 saturated heterocycles. The van der Waals surface area contributed by atoms with Crippen LogP contribution in [0.25, 0.3) is 11.3 Å². The molecule has 1 atom stereocenters. The molecule has 154 valence electrons. The SMILES string of the molecule is CC(=O)NCC(=O)N1CCO[C@@H](c2nccnc2-c2cccc(C(F)(F)F)c2)C1. The van der Waals surface area contributed by atoms with Crippen molar-refractivity contribution < 1.29 is 27.5 Å². The van der Waals surface area contributed by atoms with Gasteiger partial charge in [0.15, 0.2) is 0 Å². The fourth-order valence-electron chi connectivity index (χ4n) is 3.00. The van der Waals surface area contributed by atoms with E-state index in [0.717, 1.165) is 12.1 Å². The van der Waals surface area contributed by atoms with Gasteiger partial charge >= 0.3 is 6.18 Å². The van der Waals surface area contributed by atoms with Gasteiger partial charge in [0.25, 0.3) is 0 Å². The number of rotatable bonds is 4. The molecule has 0 bridgehead atoms. The number of hydrogen-bond acceptors (Lipinski definition) is 5. The first-order valence-electron chi connectivity index (χ1n) is 8.88. The van der Waals surface area contributed by atoms with Crippen molar-refractivity contribution in [1.29, 1.82) is 0 Å². The third-order valence-electron chi connectivity index (χ3n) is 4.40.